The number of carbonyl (C=O) groups excluding carboxylic acids is 1. The Labute approximate surface area is 181 Å². The van der Waals surface area contributed by atoms with Crippen molar-refractivity contribution in [2.45, 2.75) is 31.5 Å². The molecule has 0 N–H and O–H groups in total. The average molecular weight is 447 g/mol. The van der Waals surface area contributed by atoms with Gasteiger partial charge in [0.1, 0.15) is 11.1 Å². The number of thiazole rings is 1. The largest absolute Gasteiger partial charge is 0.488 e. The number of hydrogen-bond donors (Lipinski definition) is 0. The van der Waals surface area contributed by atoms with Gasteiger partial charge in [0.25, 0.3) is 0 Å². The van der Waals surface area contributed by atoms with E-state index in [0.717, 1.165) is 22.5 Å². The van der Waals surface area contributed by atoms with E-state index in [-0.39, 0.29) is 18.1 Å². The summed E-state index contributed by atoms with van der Waals surface area (Å²) in [5.74, 6) is -0.309. The van der Waals surface area contributed by atoms with Gasteiger partial charge in [0, 0.05) is 43.1 Å². The van der Waals surface area contributed by atoms with Crippen LogP contribution in [-0.2, 0) is 17.4 Å². The average Bonchev–Trinajstić information content (AvgIpc) is 3.23. The zero-order valence-corrected chi connectivity index (χ0v) is 17.3. The van der Waals surface area contributed by atoms with Crippen molar-refractivity contribution in [3.63, 3.8) is 0 Å². The molecule has 0 unspecified atom stereocenters. The molecular formula is C22H20F3N3O2S. The molecular weight excluding hydrogens is 427 g/mol. The van der Waals surface area contributed by atoms with E-state index < -0.39 is 18.0 Å². The van der Waals surface area contributed by atoms with Crippen LogP contribution < -0.4 is 4.74 Å². The van der Waals surface area contributed by atoms with Crippen molar-refractivity contribution >= 4 is 17.2 Å². The highest BCUT2D eigenvalue weighted by atomic mass is 32.1. The van der Waals surface area contributed by atoms with Crippen LogP contribution in [0.15, 0.2) is 54.0 Å². The van der Waals surface area contributed by atoms with Gasteiger partial charge in [0.05, 0.1) is 12.1 Å². The summed E-state index contributed by atoms with van der Waals surface area (Å²) in [6.45, 7) is 0.863. The zero-order chi connectivity index (χ0) is 21.8. The quantitative estimate of drug-likeness (QED) is 0.562. The highest BCUT2D eigenvalue weighted by molar-refractivity contribution is 7.13. The van der Waals surface area contributed by atoms with E-state index in [1.807, 2.05) is 35.7 Å². The zero-order valence-electron chi connectivity index (χ0n) is 16.5. The maximum absolute atomic E-state index is 13.1. The van der Waals surface area contributed by atoms with E-state index >= 15 is 0 Å². The molecule has 4 rings (SSSR count). The number of benzene rings is 1. The number of halogens is 3. The van der Waals surface area contributed by atoms with Gasteiger partial charge in [-0.3, -0.25) is 4.79 Å². The lowest BCUT2D eigenvalue weighted by Gasteiger charge is -2.32. The monoisotopic (exact) mass is 447 g/mol. The van der Waals surface area contributed by atoms with E-state index in [0.29, 0.717) is 25.9 Å². The summed E-state index contributed by atoms with van der Waals surface area (Å²) in [4.78, 5) is 22.3. The van der Waals surface area contributed by atoms with Gasteiger partial charge in [-0.15, -0.1) is 11.3 Å². The maximum atomic E-state index is 13.1. The molecule has 0 radical (unpaired) electrons. The van der Waals surface area contributed by atoms with E-state index in [1.165, 1.54) is 23.5 Å². The van der Waals surface area contributed by atoms with Crippen molar-refractivity contribution in [3.8, 4) is 16.3 Å². The fourth-order valence-corrected chi connectivity index (χ4v) is 4.30. The first-order chi connectivity index (χ1) is 14.9. The van der Waals surface area contributed by atoms with Gasteiger partial charge in [-0.2, -0.15) is 13.2 Å². The van der Waals surface area contributed by atoms with Crippen LogP contribution in [0.5, 0.6) is 5.75 Å². The predicted molar refractivity (Wildman–Crippen MR) is 111 cm³/mol. The van der Waals surface area contributed by atoms with Crippen molar-refractivity contribution in [3.05, 3.63) is 65.4 Å². The van der Waals surface area contributed by atoms with E-state index in [4.69, 9.17) is 4.74 Å². The van der Waals surface area contributed by atoms with Gasteiger partial charge in [-0.25, -0.2) is 9.97 Å². The first kappa shape index (κ1) is 21.3. The summed E-state index contributed by atoms with van der Waals surface area (Å²) in [7, 11) is 0. The number of likely N-dealkylation sites (tertiary alicyclic amines) is 1. The van der Waals surface area contributed by atoms with Crippen LogP contribution >= 0.6 is 11.3 Å². The first-order valence-corrected chi connectivity index (χ1v) is 10.7. The molecule has 1 saturated heterocycles. The molecule has 3 aromatic rings. The van der Waals surface area contributed by atoms with E-state index in [2.05, 4.69) is 9.97 Å². The van der Waals surface area contributed by atoms with Crippen LogP contribution in [0.2, 0.25) is 0 Å². The van der Waals surface area contributed by atoms with Crippen molar-refractivity contribution in [2.24, 2.45) is 0 Å². The maximum Gasteiger partial charge on any atom is 0.437 e. The topological polar surface area (TPSA) is 55.3 Å². The normalized spacial score (nSPS) is 15.1. The Hall–Kier alpha value is -2.94. The number of piperidine rings is 1. The summed E-state index contributed by atoms with van der Waals surface area (Å²) in [6.07, 6.45) is -2.74. The van der Waals surface area contributed by atoms with Crippen molar-refractivity contribution in [2.75, 3.05) is 13.1 Å². The summed E-state index contributed by atoms with van der Waals surface area (Å²) in [5, 5.41) is 2.75. The van der Waals surface area contributed by atoms with Crippen molar-refractivity contribution in [1.29, 1.82) is 0 Å². The van der Waals surface area contributed by atoms with Crippen molar-refractivity contribution in [1.82, 2.24) is 14.9 Å². The summed E-state index contributed by atoms with van der Waals surface area (Å²) < 4.78 is 44.8. The first-order valence-electron chi connectivity index (χ1n) is 9.86. The minimum atomic E-state index is -4.57. The third-order valence-corrected chi connectivity index (χ3v) is 5.97. The molecule has 0 aliphatic carbocycles. The Morgan fingerprint density at radius 2 is 1.87 bits per heavy atom. The lowest BCUT2D eigenvalue weighted by Crippen LogP contribution is -2.42. The Morgan fingerprint density at radius 1 is 1.13 bits per heavy atom. The summed E-state index contributed by atoms with van der Waals surface area (Å²) >= 11 is 1.50. The number of amides is 1. The molecule has 2 aromatic heterocycles. The van der Waals surface area contributed by atoms with Crippen molar-refractivity contribution < 1.29 is 22.7 Å². The standard InChI is InChI=1S/C22H20F3N3O2S/c23-22(24,25)20-18(7-4-10-26-20)30-17-8-11-28(12-9-17)19(29)13-16-14-31-21(27-16)15-5-2-1-3-6-15/h1-7,10,14,17H,8-9,11-13H2. The molecule has 0 bridgehead atoms. The molecule has 9 heteroatoms. The second-order valence-corrected chi connectivity index (χ2v) is 8.09. The molecule has 0 saturated carbocycles. The molecule has 5 nitrogen and oxygen atoms in total. The smallest absolute Gasteiger partial charge is 0.437 e. The van der Waals surface area contributed by atoms with Crippen LogP contribution in [0.25, 0.3) is 10.6 Å². The molecule has 162 valence electrons. The van der Waals surface area contributed by atoms with Gasteiger partial charge in [0.15, 0.2) is 11.4 Å². The molecule has 1 amide bonds. The van der Waals surface area contributed by atoms with Crippen LogP contribution in [0.3, 0.4) is 0 Å². The van der Waals surface area contributed by atoms with Crippen LogP contribution in [0, 0.1) is 0 Å². The van der Waals surface area contributed by atoms with Gasteiger partial charge < -0.3 is 9.64 Å². The van der Waals surface area contributed by atoms with Crippen LogP contribution in [0.1, 0.15) is 24.2 Å². The Balaban J connectivity index is 1.31. The minimum absolute atomic E-state index is 0.0410. The number of rotatable bonds is 5. The fourth-order valence-electron chi connectivity index (χ4n) is 3.47. The molecule has 3 heterocycles. The predicted octanol–water partition coefficient (Wildman–Crippen LogP) is 4.84. The Morgan fingerprint density at radius 3 is 2.58 bits per heavy atom. The highest BCUT2D eigenvalue weighted by Crippen LogP contribution is 2.35. The van der Waals surface area contributed by atoms with E-state index in [9.17, 15) is 18.0 Å². The molecule has 31 heavy (non-hydrogen) atoms. The lowest BCUT2D eigenvalue weighted by molar-refractivity contribution is -0.143. The summed E-state index contributed by atoms with van der Waals surface area (Å²) in [6, 6.07) is 12.5. The second kappa shape index (κ2) is 9.05. The molecule has 1 fully saturated rings. The number of nitrogens with zero attached hydrogens (tertiary/aromatic N) is 3. The third kappa shape index (κ3) is 5.22. The molecule has 0 atom stereocenters. The molecule has 1 aliphatic heterocycles. The molecule has 1 aliphatic rings. The van der Waals surface area contributed by atoms with E-state index in [1.54, 1.807) is 4.90 Å². The third-order valence-electron chi connectivity index (χ3n) is 5.03. The SMILES string of the molecule is O=C(Cc1csc(-c2ccccc2)n1)N1CCC(Oc2cccnc2C(F)(F)F)CC1. The number of carbonyl (C=O) groups is 1. The second-order valence-electron chi connectivity index (χ2n) is 7.23. The van der Waals surface area contributed by atoms with Crippen LogP contribution in [0.4, 0.5) is 13.2 Å². The van der Waals surface area contributed by atoms with Crippen LogP contribution in [-0.4, -0.2) is 40.0 Å². The number of hydrogen-bond acceptors (Lipinski definition) is 5. The Kier molecular flexibility index (Phi) is 6.22. The van der Waals surface area contributed by atoms with Gasteiger partial charge in [-0.05, 0) is 12.1 Å². The minimum Gasteiger partial charge on any atom is -0.488 e. The number of ether oxygens (including phenoxy) is 1. The fraction of sp³-hybridized carbons (Fsp3) is 0.318. The van der Waals surface area contributed by atoms with Gasteiger partial charge >= 0.3 is 6.18 Å². The number of pyridine rings is 1. The highest BCUT2D eigenvalue weighted by Gasteiger charge is 2.37. The summed E-state index contributed by atoms with van der Waals surface area (Å²) in [5.41, 5.74) is 0.710. The number of alkyl halides is 3. The molecule has 1 aromatic carbocycles. The van der Waals surface area contributed by atoms with Gasteiger partial charge in [0.2, 0.25) is 5.91 Å². The lowest BCUT2D eigenvalue weighted by atomic mass is 10.1. The Bertz CT molecular complexity index is 1030. The van der Waals surface area contributed by atoms with Gasteiger partial charge in [-0.1, -0.05) is 30.3 Å². The number of aromatic nitrogens is 2. The molecule has 0 spiro atoms.